The molecule has 0 unspecified atom stereocenters. The van der Waals surface area contributed by atoms with Gasteiger partial charge in [0, 0.05) is 26.3 Å². The summed E-state index contributed by atoms with van der Waals surface area (Å²) in [5.41, 5.74) is 0. The summed E-state index contributed by atoms with van der Waals surface area (Å²) in [4.78, 5) is 56.4. The molecular formula is C26H48NNa2O9P. The summed E-state index contributed by atoms with van der Waals surface area (Å²) in [5.74, 6) is -0.991. The fourth-order valence-electron chi connectivity index (χ4n) is 3.74. The smallest absolute Gasteiger partial charge is 0.790 e. The molecule has 0 aromatic carbocycles. The molecule has 0 aliphatic carbocycles. The van der Waals surface area contributed by atoms with E-state index in [1.807, 2.05) is 0 Å². The predicted octanol–water partition coefficient (Wildman–Crippen LogP) is -1.92. The molecule has 0 saturated carbocycles. The molecule has 0 rings (SSSR count). The molecule has 0 fully saturated rings. The van der Waals surface area contributed by atoms with Crippen LogP contribution in [0.15, 0.2) is 0 Å². The number of phosphoric ester groups is 1. The zero-order chi connectivity index (χ0) is 27.8. The van der Waals surface area contributed by atoms with E-state index in [0.717, 1.165) is 70.8 Å². The molecule has 39 heavy (non-hydrogen) atoms. The van der Waals surface area contributed by atoms with Crippen LogP contribution >= 0.6 is 7.82 Å². The van der Waals surface area contributed by atoms with E-state index in [4.69, 9.17) is 9.47 Å². The van der Waals surface area contributed by atoms with Gasteiger partial charge in [-0.3, -0.25) is 14.4 Å². The summed E-state index contributed by atoms with van der Waals surface area (Å²) < 4.78 is 25.3. The Morgan fingerprint density at radius 3 is 1.67 bits per heavy atom. The minimum absolute atomic E-state index is 0. The average Bonchev–Trinajstić information content (AvgIpc) is 2.82. The van der Waals surface area contributed by atoms with Crippen molar-refractivity contribution >= 4 is 25.7 Å². The molecule has 0 aliphatic rings. The van der Waals surface area contributed by atoms with Gasteiger partial charge in [0.1, 0.15) is 6.61 Å². The maximum Gasteiger partial charge on any atom is 1.00 e. The quantitative estimate of drug-likeness (QED) is 0.0551. The third kappa shape index (κ3) is 34.6. The summed E-state index contributed by atoms with van der Waals surface area (Å²) in [6, 6.07) is 0. The minimum atomic E-state index is -5.24. The third-order valence-electron chi connectivity index (χ3n) is 5.81. The second-order valence-electron chi connectivity index (χ2n) is 9.47. The van der Waals surface area contributed by atoms with Gasteiger partial charge in [-0.25, -0.2) is 0 Å². The van der Waals surface area contributed by atoms with Gasteiger partial charge in [-0.15, -0.1) is 0 Å². The summed E-state index contributed by atoms with van der Waals surface area (Å²) in [5, 5.41) is 2.80. The molecule has 10 nitrogen and oxygen atoms in total. The van der Waals surface area contributed by atoms with Gasteiger partial charge in [-0.1, -0.05) is 84.0 Å². The summed E-state index contributed by atoms with van der Waals surface area (Å²) in [6.07, 6.45) is 14.5. The number of rotatable bonds is 25. The number of unbranched alkanes of at least 4 members (excludes halogenated alkanes) is 13. The second kappa shape index (κ2) is 30.0. The zero-order valence-electron chi connectivity index (χ0n) is 24.8. The standard InChI is InChI=1S/C26H50NO9P.2Na/c1-3-4-5-12-16-19-26(30)36-24(22-35-37(31,32)33)21-34-25(29)18-15-13-10-8-6-7-9-11-14-17-20-27-23(2)28;;/h24H,3-22H2,1-2H3,(H,27,28)(H2,31,32,33);;/q;2*+1/p-2/t24-;;/m1../s1. The maximum absolute atomic E-state index is 12.0. The number of phosphoric acid groups is 1. The molecule has 13 heteroatoms. The normalized spacial score (nSPS) is 11.6. The van der Waals surface area contributed by atoms with E-state index in [1.165, 1.54) is 26.2 Å². The summed E-state index contributed by atoms with van der Waals surface area (Å²) in [7, 11) is -5.24. The number of hydrogen-bond acceptors (Lipinski definition) is 9. The fraction of sp³-hybridized carbons (Fsp3) is 0.885. The molecule has 0 saturated heterocycles. The number of amides is 1. The first-order valence-corrected chi connectivity index (χ1v) is 15.4. The topological polar surface area (TPSA) is 154 Å². The SMILES string of the molecule is CCCCCCCC(=O)O[C@H](COC(=O)CCCCCCCCCCCCNC(C)=O)COP(=O)([O-])[O-].[Na+].[Na+]. The molecule has 0 spiro atoms. The molecule has 0 aromatic rings. The predicted molar refractivity (Wildman–Crippen MR) is 137 cm³/mol. The van der Waals surface area contributed by atoms with Crippen LogP contribution in [-0.4, -0.2) is 43.7 Å². The van der Waals surface area contributed by atoms with E-state index >= 15 is 0 Å². The molecule has 0 bridgehead atoms. The van der Waals surface area contributed by atoms with Gasteiger partial charge < -0.3 is 33.7 Å². The summed E-state index contributed by atoms with van der Waals surface area (Å²) in [6.45, 7) is 3.34. The molecular weight excluding hydrogens is 547 g/mol. The van der Waals surface area contributed by atoms with E-state index in [-0.39, 0.29) is 84.5 Å². The number of hydrogen-bond donors (Lipinski definition) is 1. The van der Waals surface area contributed by atoms with Crippen molar-refractivity contribution in [1.82, 2.24) is 5.32 Å². The Morgan fingerprint density at radius 2 is 1.18 bits per heavy atom. The van der Waals surface area contributed by atoms with Crippen molar-refractivity contribution in [3.05, 3.63) is 0 Å². The Morgan fingerprint density at radius 1 is 0.718 bits per heavy atom. The summed E-state index contributed by atoms with van der Waals surface area (Å²) >= 11 is 0. The van der Waals surface area contributed by atoms with Gasteiger partial charge in [0.15, 0.2) is 6.10 Å². The van der Waals surface area contributed by atoms with Crippen LogP contribution < -0.4 is 74.2 Å². The van der Waals surface area contributed by atoms with Crippen molar-refractivity contribution < 1.29 is 102 Å². The Hall–Kier alpha value is 0.520. The second-order valence-corrected chi connectivity index (χ2v) is 10.6. The average molecular weight is 596 g/mol. The Labute approximate surface area is 279 Å². The Bertz CT molecular complexity index is 665. The minimum Gasteiger partial charge on any atom is -0.790 e. The monoisotopic (exact) mass is 595 g/mol. The number of esters is 2. The number of ether oxygens (including phenoxy) is 2. The van der Waals surface area contributed by atoms with Crippen LogP contribution in [-0.2, 0) is 32.9 Å². The first-order chi connectivity index (χ1) is 17.6. The molecule has 0 aromatic heterocycles. The van der Waals surface area contributed by atoms with Crippen LogP contribution in [0, 0.1) is 0 Å². The largest absolute Gasteiger partial charge is 1.00 e. The number of carbonyl (C=O) groups is 3. The van der Waals surface area contributed by atoms with Gasteiger partial charge in [-0.05, 0) is 19.3 Å². The molecule has 1 amide bonds. The van der Waals surface area contributed by atoms with Gasteiger partial charge in [0.2, 0.25) is 5.91 Å². The van der Waals surface area contributed by atoms with Crippen LogP contribution in [0.1, 0.15) is 123 Å². The van der Waals surface area contributed by atoms with E-state index in [9.17, 15) is 28.7 Å². The van der Waals surface area contributed by atoms with Crippen molar-refractivity contribution in [2.45, 2.75) is 129 Å². The van der Waals surface area contributed by atoms with E-state index < -0.39 is 32.5 Å². The van der Waals surface area contributed by atoms with E-state index in [0.29, 0.717) is 12.8 Å². The van der Waals surface area contributed by atoms with Gasteiger partial charge in [0.05, 0.1) is 14.4 Å². The van der Waals surface area contributed by atoms with Crippen molar-refractivity contribution in [1.29, 1.82) is 0 Å². The fourth-order valence-corrected chi connectivity index (χ4v) is 4.09. The molecule has 218 valence electrons. The van der Waals surface area contributed by atoms with Crippen molar-refractivity contribution in [3.8, 4) is 0 Å². The maximum atomic E-state index is 12.0. The Balaban J connectivity index is -0.00000648. The van der Waals surface area contributed by atoms with Crippen molar-refractivity contribution in [2.24, 2.45) is 0 Å². The van der Waals surface area contributed by atoms with Crippen LogP contribution in [0.5, 0.6) is 0 Å². The van der Waals surface area contributed by atoms with Crippen LogP contribution in [0.4, 0.5) is 0 Å². The van der Waals surface area contributed by atoms with Crippen LogP contribution in [0.3, 0.4) is 0 Å². The van der Waals surface area contributed by atoms with Crippen molar-refractivity contribution in [2.75, 3.05) is 19.8 Å². The molecule has 1 atom stereocenters. The van der Waals surface area contributed by atoms with Gasteiger partial charge >= 0.3 is 71.1 Å². The Kier molecular flexibility index (Phi) is 33.8. The third-order valence-corrected chi connectivity index (χ3v) is 6.28. The van der Waals surface area contributed by atoms with E-state index in [2.05, 4.69) is 16.8 Å². The molecule has 0 aliphatic heterocycles. The zero-order valence-corrected chi connectivity index (χ0v) is 29.7. The first kappa shape index (κ1) is 44.0. The van der Waals surface area contributed by atoms with E-state index in [1.54, 1.807) is 0 Å². The van der Waals surface area contributed by atoms with Crippen molar-refractivity contribution in [3.63, 3.8) is 0 Å². The molecule has 0 heterocycles. The number of carbonyl (C=O) groups excluding carboxylic acids is 3. The number of nitrogens with one attached hydrogen (secondary N) is 1. The van der Waals surface area contributed by atoms with Crippen LogP contribution in [0.25, 0.3) is 0 Å². The molecule has 0 radical (unpaired) electrons. The molecule has 1 N–H and O–H groups in total. The first-order valence-electron chi connectivity index (χ1n) is 13.9. The van der Waals surface area contributed by atoms with Crippen LogP contribution in [0.2, 0.25) is 0 Å². The van der Waals surface area contributed by atoms with Gasteiger partial charge in [-0.2, -0.15) is 0 Å². The van der Waals surface area contributed by atoms with Gasteiger partial charge in [0.25, 0.3) is 0 Å².